The Morgan fingerprint density at radius 3 is 2.11 bits per heavy atom. The van der Waals surface area contributed by atoms with E-state index in [1.165, 1.54) is 18.2 Å². The smallest absolute Gasteiger partial charge is 0.335 e. The Bertz CT molecular complexity index is 2260. The zero-order valence-electron chi connectivity index (χ0n) is 29.7. The average Bonchev–Trinajstić information content (AvgIpc) is 4.05. The Labute approximate surface area is 318 Å². The zero-order chi connectivity index (χ0) is 40.1. The number of carbonyl (C=O) groups is 2. The standard InChI is InChI=1S/C39H35ClF6N2O6S/c1-39(2,3)23-14-19(13-22(16-23)20-7-8-20)15-29(37(49)47-28-12-9-21(38(50)51)17-30(28)54-24-10-11-24)48(18-25-26(40)5-4-6-27(25)41)55(52,53)36-34(45)32(43)31(42)33(44)35(36)46/h4-6,9,12-14,16-17,20,24,29H,7-8,10-11,15,18H2,1-3H3,(H,47,49)(H,50,51). The molecule has 1 atom stereocenters. The van der Waals surface area contributed by atoms with Crippen LogP contribution >= 0.6 is 11.6 Å². The van der Waals surface area contributed by atoms with Gasteiger partial charge in [0.25, 0.3) is 0 Å². The fourth-order valence-electron chi connectivity index (χ4n) is 6.04. The Morgan fingerprint density at radius 1 is 0.909 bits per heavy atom. The predicted molar refractivity (Wildman–Crippen MR) is 191 cm³/mol. The van der Waals surface area contributed by atoms with E-state index in [1.807, 2.05) is 26.8 Å². The number of carbonyl (C=O) groups excluding carboxylic acids is 1. The predicted octanol–water partition coefficient (Wildman–Crippen LogP) is 9.03. The van der Waals surface area contributed by atoms with Crippen LogP contribution in [0.2, 0.25) is 5.02 Å². The third kappa shape index (κ3) is 8.48. The molecule has 2 fully saturated rings. The van der Waals surface area contributed by atoms with Gasteiger partial charge in [-0.1, -0.05) is 56.6 Å². The van der Waals surface area contributed by atoms with Gasteiger partial charge in [-0.05, 0) is 90.5 Å². The highest BCUT2D eigenvalue weighted by Crippen LogP contribution is 2.43. The zero-order valence-corrected chi connectivity index (χ0v) is 31.2. The maximum Gasteiger partial charge on any atom is 0.335 e. The summed E-state index contributed by atoms with van der Waals surface area (Å²) in [6.07, 6.45) is 2.10. The van der Waals surface area contributed by atoms with Crippen LogP contribution in [0, 0.1) is 34.9 Å². The monoisotopic (exact) mass is 808 g/mol. The number of amides is 1. The van der Waals surface area contributed by atoms with E-state index in [0.29, 0.717) is 18.4 Å². The number of nitrogens with zero attached hydrogens (tertiary/aromatic N) is 1. The van der Waals surface area contributed by atoms with E-state index in [0.717, 1.165) is 42.2 Å². The molecule has 0 aromatic heterocycles. The lowest BCUT2D eigenvalue weighted by Crippen LogP contribution is -2.49. The maximum atomic E-state index is 15.4. The van der Waals surface area contributed by atoms with Crippen LogP contribution in [0.25, 0.3) is 0 Å². The minimum absolute atomic E-state index is 0.0911. The van der Waals surface area contributed by atoms with Gasteiger partial charge in [-0.15, -0.1) is 0 Å². The van der Waals surface area contributed by atoms with E-state index in [2.05, 4.69) is 5.32 Å². The SMILES string of the molecule is CC(C)(C)c1cc(CC(C(=O)Nc2ccc(C(=O)O)cc2OC2CC2)N(Cc2c(F)cccc2Cl)S(=O)(=O)c2c(F)c(F)c(F)c(F)c2F)cc(C2CC2)c1. The molecule has 292 valence electrons. The summed E-state index contributed by atoms with van der Waals surface area (Å²) in [5.41, 5.74) is 0.676. The molecule has 2 N–H and O–H groups in total. The van der Waals surface area contributed by atoms with Crippen molar-refractivity contribution >= 4 is 39.2 Å². The highest BCUT2D eigenvalue weighted by Gasteiger charge is 2.43. The topological polar surface area (TPSA) is 113 Å². The molecule has 0 radical (unpaired) electrons. The van der Waals surface area contributed by atoms with Crippen molar-refractivity contribution in [2.24, 2.45) is 0 Å². The summed E-state index contributed by atoms with van der Waals surface area (Å²) in [4.78, 5) is 24.1. The second-order valence-corrected chi connectivity index (χ2v) is 16.9. The van der Waals surface area contributed by atoms with Crippen molar-refractivity contribution in [1.82, 2.24) is 4.31 Å². The van der Waals surface area contributed by atoms with Crippen LogP contribution in [0.4, 0.5) is 32.0 Å². The van der Waals surface area contributed by atoms with Crippen LogP contribution in [0.15, 0.2) is 59.5 Å². The molecule has 6 rings (SSSR count). The van der Waals surface area contributed by atoms with Gasteiger partial charge in [0.05, 0.1) is 17.4 Å². The first-order valence-corrected chi connectivity index (χ1v) is 19.0. The average molecular weight is 809 g/mol. The van der Waals surface area contributed by atoms with Gasteiger partial charge in [0.2, 0.25) is 21.7 Å². The molecule has 0 spiro atoms. The number of benzene rings is 4. The number of hydrogen-bond acceptors (Lipinski definition) is 5. The van der Waals surface area contributed by atoms with Gasteiger partial charge in [-0.2, -0.15) is 4.31 Å². The third-order valence-electron chi connectivity index (χ3n) is 9.43. The molecule has 2 saturated carbocycles. The maximum absolute atomic E-state index is 15.4. The molecule has 2 aliphatic carbocycles. The normalized spacial score (nSPS) is 15.3. The quantitative estimate of drug-likeness (QED) is 0.0793. The second-order valence-electron chi connectivity index (χ2n) is 14.7. The Balaban J connectivity index is 1.57. The Morgan fingerprint density at radius 2 is 1.55 bits per heavy atom. The van der Waals surface area contributed by atoms with Gasteiger partial charge >= 0.3 is 5.97 Å². The molecule has 4 aromatic rings. The summed E-state index contributed by atoms with van der Waals surface area (Å²) in [7, 11) is -5.96. The van der Waals surface area contributed by atoms with Crippen LogP contribution in [0.1, 0.15) is 85.0 Å². The molecule has 0 saturated heterocycles. The van der Waals surface area contributed by atoms with Crippen LogP contribution in [0.3, 0.4) is 0 Å². The first kappa shape index (κ1) is 40.1. The van der Waals surface area contributed by atoms with Crippen molar-refractivity contribution in [2.75, 3.05) is 5.32 Å². The molecule has 2 aliphatic rings. The third-order valence-corrected chi connectivity index (χ3v) is 11.7. The summed E-state index contributed by atoms with van der Waals surface area (Å²) in [5.74, 6) is -16.7. The van der Waals surface area contributed by atoms with Gasteiger partial charge in [-0.25, -0.2) is 39.6 Å². The van der Waals surface area contributed by atoms with Crippen LogP contribution in [0.5, 0.6) is 5.75 Å². The van der Waals surface area contributed by atoms with Crippen molar-refractivity contribution in [3.05, 3.63) is 122 Å². The summed E-state index contributed by atoms with van der Waals surface area (Å²) in [5, 5.41) is 11.7. The lowest BCUT2D eigenvalue weighted by atomic mass is 9.83. The number of hydrogen-bond donors (Lipinski definition) is 2. The minimum Gasteiger partial charge on any atom is -0.488 e. The lowest BCUT2D eigenvalue weighted by Gasteiger charge is -2.32. The Kier molecular flexibility index (Phi) is 11.0. The number of carboxylic acids is 1. The van der Waals surface area contributed by atoms with Crippen LogP contribution in [-0.4, -0.2) is 41.9 Å². The van der Waals surface area contributed by atoms with Gasteiger partial charge in [0.15, 0.2) is 28.2 Å². The largest absolute Gasteiger partial charge is 0.488 e. The molecule has 0 heterocycles. The molecule has 0 bridgehead atoms. The highest BCUT2D eigenvalue weighted by atomic mass is 35.5. The minimum atomic E-state index is -5.96. The molecular weight excluding hydrogens is 774 g/mol. The molecular formula is C39H35ClF6N2O6S. The fourth-order valence-corrected chi connectivity index (χ4v) is 7.93. The number of rotatable bonds is 13. The summed E-state index contributed by atoms with van der Waals surface area (Å²) in [6.45, 7) is 4.57. The number of sulfonamides is 1. The Hall–Kier alpha value is -4.60. The lowest BCUT2D eigenvalue weighted by molar-refractivity contribution is -0.120. The molecule has 8 nitrogen and oxygen atoms in total. The number of aromatic carboxylic acids is 1. The number of carboxylic acid groups (broad SMARTS) is 1. The first-order chi connectivity index (χ1) is 25.8. The summed E-state index contributed by atoms with van der Waals surface area (Å²) in [6, 6.07) is 10.1. The van der Waals surface area contributed by atoms with Crippen molar-refractivity contribution in [3.63, 3.8) is 0 Å². The molecule has 16 heteroatoms. The van der Waals surface area contributed by atoms with E-state index >= 15 is 13.2 Å². The number of anilines is 1. The van der Waals surface area contributed by atoms with Crippen molar-refractivity contribution in [1.29, 1.82) is 0 Å². The van der Waals surface area contributed by atoms with E-state index < -0.39 is 91.7 Å². The summed E-state index contributed by atoms with van der Waals surface area (Å²) >= 11 is 6.28. The van der Waals surface area contributed by atoms with E-state index in [1.54, 1.807) is 12.1 Å². The van der Waals surface area contributed by atoms with Gasteiger partial charge < -0.3 is 15.2 Å². The van der Waals surface area contributed by atoms with E-state index in [-0.39, 0.29) is 38.4 Å². The van der Waals surface area contributed by atoms with Gasteiger partial charge in [-0.3, -0.25) is 4.79 Å². The molecule has 1 amide bonds. The first-order valence-electron chi connectivity index (χ1n) is 17.2. The van der Waals surface area contributed by atoms with Gasteiger partial charge in [0.1, 0.15) is 17.6 Å². The fraction of sp³-hybridized carbons (Fsp3) is 0.333. The van der Waals surface area contributed by atoms with E-state index in [9.17, 15) is 36.3 Å². The molecule has 4 aromatic carbocycles. The van der Waals surface area contributed by atoms with Crippen molar-refractivity contribution in [3.8, 4) is 5.75 Å². The van der Waals surface area contributed by atoms with E-state index in [4.69, 9.17) is 16.3 Å². The molecule has 0 aliphatic heterocycles. The number of ether oxygens (including phenoxy) is 1. The number of nitrogens with one attached hydrogen (secondary N) is 1. The number of halogens is 7. The summed E-state index contributed by atoms with van der Waals surface area (Å²) < 4.78 is 125. The van der Waals surface area contributed by atoms with Gasteiger partial charge in [0, 0.05) is 17.1 Å². The van der Waals surface area contributed by atoms with Crippen molar-refractivity contribution in [2.45, 2.75) is 87.8 Å². The van der Waals surface area contributed by atoms with Crippen LogP contribution in [-0.2, 0) is 33.2 Å². The second kappa shape index (κ2) is 15.1. The molecule has 1 unspecified atom stereocenters. The van der Waals surface area contributed by atoms with Crippen LogP contribution < -0.4 is 10.1 Å². The molecule has 55 heavy (non-hydrogen) atoms. The highest BCUT2D eigenvalue weighted by molar-refractivity contribution is 7.89. The van der Waals surface area contributed by atoms with Crippen molar-refractivity contribution < 1.29 is 54.2 Å².